The zero-order valence-corrected chi connectivity index (χ0v) is 13.5. The summed E-state index contributed by atoms with van der Waals surface area (Å²) in [4.78, 5) is 0. The van der Waals surface area contributed by atoms with E-state index in [-0.39, 0.29) is 0 Å². The minimum Gasteiger partial charge on any atom is -0.398 e. The van der Waals surface area contributed by atoms with Crippen LogP contribution >= 0.6 is 0 Å². The van der Waals surface area contributed by atoms with Gasteiger partial charge in [-0.3, -0.25) is 9.11 Å². The second-order valence-electron chi connectivity index (χ2n) is 4.69. The number of para-hydroxylation sites is 1. The molecule has 2 rings (SSSR count). The maximum absolute atomic E-state index is 8.74. The molecule has 0 radical (unpaired) electrons. The molecular weight excluding hydrogens is 302 g/mol. The van der Waals surface area contributed by atoms with E-state index in [1.165, 1.54) is 16.7 Å². The van der Waals surface area contributed by atoms with Crippen LogP contribution in [0.3, 0.4) is 0 Å². The molecule has 5 nitrogen and oxygen atoms in total. The molecule has 0 atom stereocenters. The third-order valence-electron chi connectivity index (χ3n) is 3.26. The predicted molar refractivity (Wildman–Crippen MR) is 89.2 cm³/mol. The summed E-state index contributed by atoms with van der Waals surface area (Å²) in [7, 11) is -4.67. The Hall–Kier alpha value is -1.89. The number of rotatable bonds is 3. The highest BCUT2D eigenvalue weighted by Gasteiger charge is 2.09. The third kappa shape index (κ3) is 5.48. The van der Waals surface area contributed by atoms with E-state index >= 15 is 0 Å². The molecule has 120 valence electrons. The summed E-state index contributed by atoms with van der Waals surface area (Å²) in [6.45, 7) is 4.41. The van der Waals surface area contributed by atoms with E-state index in [2.05, 4.69) is 38.1 Å². The lowest BCUT2D eigenvalue weighted by molar-refractivity contribution is 0.381. The van der Waals surface area contributed by atoms with Gasteiger partial charge in [0.2, 0.25) is 0 Å². The van der Waals surface area contributed by atoms with Crippen molar-refractivity contribution in [3.63, 3.8) is 0 Å². The van der Waals surface area contributed by atoms with Gasteiger partial charge in [0, 0.05) is 11.3 Å². The molecule has 0 aliphatic carbocycles. The van der Waals surface area contributed by atoms with Crippen molar-refractivity contribution in [3.05, 3.63) is 53.6 Å². The normalized spacial score (nSPS) is 10.7. The lowest BCUT2D eigenvalue weighted by atomic mass is 9.92. The van der Waals surface area contributed by atoms with E-state index < -0.39 is 10.4 Å². The second kappa shape index (κ2) is 7.93. The summed E-state index contributed by atoms with van der Waals surface area (Å²) in [5.74, 6) is 0. The van der Waals surface area contributed by atoms with E-state index in [1.807, 2.05) is 18.2 Å². The fraction of sp³-hybridized carbons (Fsp3) is 0.250. The quantitative estimate of drug-likeness (QED) is 0.593. The van der Waals surface area contributed by atoms with Crippen molar-refractivity contribution in [1.29, 1.82) is 0 Å². The van der Waals surface area contributed by atoms with Crippen molar-refractivity contribution in [3.8, 4) is 11.1 Å². The number of anilines is 1. The summed E-state index contributed by atoms with van der Waals surface area (Å²) in [5, 5.41) is 0. The minimum absolute atomic E-state index is 0.857. The second-order valence-corrected chi connectivity index (χ2v) is 5.58. The molecule has 0 aliphatic heterocycles. The van der Waals surface area contributed by atoms with Gasteiger partial charge in [0.1, 0.15) is 0 Å². The smallest absolute Gasteiger partial charge is 0.394 e. The molecule has 22 heavy (non-hydrogen) atoms. The summed E-state index contributed by atoms with van der Waals surface area (Å²) < 4.78 is 31.6. The molecule has 0 spiro atoms. The molecule has 0 saturated carbocycles. The predicted octanol–water partition coefficient (Wildman–Crippen LogP) is 3.41. The summed E-state index contributed by atoms with van der Waals surface area (Å²) in [6.07, 6.45) is 2.12. The van der Waals surface area contributed by atoms with Crippen LogP contribution in [0, 0.1) is 0 Å². The number of hydrogen-bond acceptors (Lipinski definition) is 3. The highest BCUT2D eigenvalue weighted by molar-refractivity contribution is 7.79. The molecule has 0 fully saturated rings. The highest BCUT2D eigenvalue weighted by Crippen LogP contribution is 2.31. The Morgan fingerprint density at radius 1 is 0.909 bits per heavy atom. The van der Waals surface area contributed by atoms with Crippen LogP contribution in [0.5, 0.6) is 0 Å². The lowest BCUT2D eigenvalue weighted by Crippen LogP contribution is -1.97. The molecule has 0 aliphatic rings. The largest absolute Gasteiger partial charge is 0.398 e. The number of nitrogen functional groups attached to an aromatic ring is 1. The summed E-state index contributed by atoms with van der Waals surface area (Å²) in [5.41, 5.74) is 12.2. The van der Waals surface area contributed by atoms with Gasteiger partial charge in [-0.15, -0.1) is 0 Å². The number of aryl methyl sites for hydroxylation is 1. The molecule has 0 aromatic heterocycles. The zero-order valence-electron chi connectivity index (χ0n) is 12.7. The maximum atomic E-state index is 8.74. The summed E-state index contributed by atoms with van der Waals surface area (Å²) in [6, 6.07) is 14.6. The molecule has 4 N–H and O–H groups in total. The van der Waals surface area contributed by atoms with Crippen LogP contribution in [0.4, 0.5) is 5.69 Å². The molecule has 6 heteroatoms. The van der Waals surface area contributed by atoms with Gasteiger partial charge in [0.25, 0.3) is 0 Å². The molecule has 0 amide bonds. The van der Waals surface area contributed by atoms with Crippen LogP contribution in [0.1, 0.15) is 25.0 Å². The fourth-order valence-corrected chi connectivity index (χ4v) is 2.38. The van der Waals surface area contributed by atoms with Crippen LogP contribution in [-0.2, 0) is 23.2 Å². The molecule has 0 unspecified atom stereocenters. The van der Waals surface area contributed by atoms with E-state index in [1.54, 1.807) is 0 Å². The Labute approximate surface area is 131 Å². The van der Waals surface area contributed by atoms with Gasteiger partial charge in [0.15, 0.2) is 0 Å². The van der Waals surface area contributed by atoms with Gasteiger partial charge in [-0.1, -0.05) is 50.2 Å². The first kappa shape index (κ1) is 18.2. The summed E-state index contributed by atoms with van der Waals surface area (Å²) >= 11 is 0. The van der Waals surface area contributed by atoms with E-state index in [0.29, 0.717) is 0 Å². The van der Waals surface area contributed by atoms with Gasteiger partial charge in [-0.25, -0.2) is 0 Å². The monoisotopic (exact) mass is 323 g/mol. The Kier molecular flexibility index (Phi) is 6.55. The minimum atomic E-state index is -4.67. The fourth-order valence-electron chi connectivity index (χ4n) is 2.38. The van der Waals surface area contributed by atoms with Gasteiger partial charge in [0.05, 0.1) is 0 Å². The molecule has 2 aromatic carbocycles. The first-order valence-corrected chi connectivity index (χ1v) is 8.33. The molecular formula is C16H21NO4S. The van der Waals surface area contributed by atoms with Crippen LogP contribution in [0.15, 0.2) is 42.5 Å². The van der Waals surface area contributed by atoms with Crippen LogP contribution in [0.2, 0.25) is 0 Å². The standard InChI is InChI=1S/C16H19N.H2O4S/c1-3-12-8-7-10-14(13(12)4-2)15-9-5-6-11-16(15)17;1-5(2,3)4/h5-11H,3-4,17H2,1-2H3;(H2,1,2,3,4). The van der Waals surface area contributed by atoms with Crippen molar-refractivity contribution in [2.24, 2.45) is 0 Å². The molecule has 2 aromatic rings. The van der Waals surface area contributed by atoms with Crippen LogP contribution in [-0.4, -0.2) is 17.5 Å². The number of hydrogen-bond donors (Lipinski definition) is 3. The van der Waals surface area contributed by atoms with Crippen molar-refractivity contribution < 1.29 is 17.5 Å². The lowest BCUT2D eigenvalue weighted by Gasteiger charge is -2.14. The number of benzene rings is 2. The topological polar surface area (TPSA) is 101 Å². The van der Waals surface area contributed by atoms with E-state index in [4.69, 9.17) is 23.3 Å². The Balaban J connectivity index is 0.000000422. The van der Waals surface area contributed by atoms with Crippen molar-refractivity contribution >= 4 is 16.1 Å². The van der Waals surface area contributed by atoms with Crippen molar-refractivity contribution in [2.45, 2.75) is 26.7 Å². The molecule has 0 heterocycles. The highest BCUT2D eigenvalue weighted by atomic mass is 32.3. The average molecular weight is 323 g/mol. The van der Waals surface area contributed by atoms with Crippen LogP contribution in [0.25, 0.3) is 11.1 Å². The first-order valence-electron chi connectivity index (χ1n) is 6.93. The zero-order chi connectivity index (χ0) is 16.8. The maximum Gasteiger partial charge on any atom is 0.394 e. The van der Waals surface area contributed by atoms with Gasteiger partial charge >= 0.3 is 10.4 Å². The SMILES string of the molecule is CCc1cccc(-c2ccccc2N)c1CC.O=S(=O)(O)O. The van der Waals surface area contributed by atoms with Gasteiger partial charge in [-0.05, 0) is 35.6 Å². The average Bonchev–Trinajstić information content (AvgIpc) is 2.45. The Morgan fingerprint density at radius 2 is 1.45 bits per heavy atom. The van der Waals surface area contributed by atoms with Crippen molar-refractivity contribution in [1.82, 2.24) is 0 Å². The van der Waals surface area contributed by atoms with Crippen LogP contribution < -0.4 is 5.73 Å². The molecule has 0 bridgehead atoms. The van der Waals surface area contributed by atoms with E-state index in [9.17, 15) is 0 Å². The molecule has 0 saturated heterocycles. The van der Waals surface area contributed by atoms with Gasteiger partial charge in [-0.2, -0.15) is 8.42 Å². The third-order valence-corrected chi connectivity index (χ3v) is 3.26. The first-order chi connectivity index (χ1) is 10.3. The Morgan fingerprint density at radius 3 is 1.95 bits per heavy atom. The van der Waals surface area contributed by atoms with Gasteiger partial charge < -0.3 is 5.73 Å². The number of nitrogens with two attached hydrogens (primary N) is 1. The van der Waals surface area contributed by atoms with Crippen molar-refractivity contribution in [2.75, 3.05) is 5.73 Å². The van der Waals surface area contributed by atoms with E-state index in [0.717, 1.165) is 24.1 Å². The Bertz CT molecular complexity index is 719.